The molecule has 1 aliphatic rings. The van der Waals surface area contributed by atoms with Crippen molar-refractivity contribution in [2.24, 2.45) is 11.8 Å². The first-order chi connectivity index (χ1) is 14.6. The second kappa shape index (κ2) is 7.56. The van der Waals surface area contributed by atoms with Crippen LogP contribution in [0.25, 0.3) is 28.2 Å². The molecule has 2 aromatic heterocycles. The minimum absolute atomic E-state index is 0.246. The number of benzene rings is 2. The van der Waals surface area contributed by atoms with E-state index in [0.29, 0.717) is 11.8 Å². The molecule has 30 heavy (non-hydrogen) atoms. The minimum Gasteiger partial charge on any atom is -0.356 e. The maximum atomic E-state index is 13.4. The molecule has 0 saturated carbocycles. The van der Waals surface area contributed by atoms with E-state index in [1.165, 1.54) is 18.6 Å². The maximum absolute atomic E-state index is 13.4. The van der Waals surface area contributed by atoms with Crippen LogP contribution in [0.1, 0.15) is 20.3 Å². The molecule has 0 bridgehead atoms. The summed E-state index contributed by atoms with van der Waals surface area (Å²) in [7, 11) is 0. The van der Waals surface area contributed by atoms with Crippen molar-refractivity contribution in [2.45, 2.75) is 20.3 Å². The fourth-order valence-corrected chi connectivity index (χ4v) is 4.55. The molecule has 0 N–H and O–H groups in total. The Kier molecular flexibility index (Phi) is 4.74. The molecule has 5 heteroatoms. The zero-order valence-electron chi connectivity index (χ0n) is 17.3. The molecule has 1 saturated heterocycles. The predicted octanol–water partition coefficient (Wildman–Crippen LogP) is 5.68. The van der Waals surface area contributed by atoms with E-state index in [1.807, 2.05) is 28.8 Å². The Labute approximate surface area is 176 Å². The lowest BCUT2D eigenvalue weighted by Crippen LogP contribution is -2.39. The van der Waals surface area contributed by atoms with E-state index in [2.05, 4.69) is 36.9 Å². The molecule has 0 aliphatic carbocycles. The molecule has 2 aromatic carbocycles. The monoisotopic (exact) mass is 400 g/mol. The van der Waals surface area contributed by atoms with Gasteiger partial charge in [-0.2, -0.15) is 9.61 Å². The first kappa shape index (κ1) is 18.8. The number of anilines is 1. The van der Waals surface area contributed by atoms with Crippen molar-refractivity contribution in [1.82, 2.24) is 14.6 Å². The van der Waals surface area contributed by atoms with Crippen LogP contribution in [0.3, 0.4) is 0 Å². The molecule has 4 nitrogen and oxygen atoms in total. The van der Waals surface area contributed by atoms with Crippen molar-refractivity contribution < 1.29 is 4.39 Å². The molecule has 0 radical (unpaired) electrons. The zero-order valence-corrected chi connectivity index (χ0v) is 17.3. The Morgan fingerprint density at radius 1 is 0.833 bits per heavy atom. The van der Waals surface area contributed by atoms with Crippen LogP contribution in [0.2, 0.25) is 0 Å². The van der Waals surface area contributed by atoms with Crippen molar-refractivity contribution in [2.75, 3.05) is 18.0 Å². The van der Waals surface area contributed by atoms with Crippen LogP contribution in [0.4, 0.5) is 10.2 Å². The second-order valence-electron chi connectivity index (χ2n) is 8.52. The number of rotatable bonds is 3. The van der Waals surface area contributed by atoms with E-state index in [4.69, 9.17) is 10.1 Å². The van der Waals surface area contributed by atoms with E-state index in [9.17, 15) is 4.39 Å². The van der Waals surface area contributed by atoms with E-state index in [0.717, 1.165) is 47.1 Å². The Bertz CT molecular complexity index is 1160. The molecule has 0 unspecified atom stereocenters. The lowest BCUT2D eigenvalue weighted by atomic mass is 9.92. The number of nitrogens with zero attached hydrogens (tertiary/aromatic N) is 4. The molecule has 0 amide bonds. The molecule has 0 spiro atoms. The van der Waals surface area contributed by atoms with Gasteiger partial charge in [0.25, 0.3) is 0 Å². The van der Waals surface area contributed by atoms with Crippen molar-refractivity contribution in [3.8, 4) is 22.5 Å². The van der Waals surface area contributed by atoms with Crippen LogP contribution in [-0.2, 0) is 0 Å². The quantitative estimate of drug-likeness (QED) is 0.443. The fraction of sp³-hybridized carbons (Fsp3) is 0.280. The highest BCUT2D eigenvalue weighted by molar-refractivity contribution is 5.71. The highest BCUT2D eigenvalue weighted by Crippen LogP contribution is 2.31. The SMILES string of the molecule is C[C@@H]1C[C@@H](C)CN(c2cc(-c3ccccc3)nc3cc(-c4ccc(F)cc4)nn23)C1. The lowest BCUT2D eigenvalue weighted by molar-refractivity contribution is 0.354. The predicted molar refractivity (Wildman–Crippen MR) is 119 cm³/mol. The highest BCUT2D eigenvalue weighted by atomic mass is 19.1. The molecule has 1 fully saturated rings. The zero-order chi connectivity index (χ0) is 20.7. The van der Waals surface area contributed by atoms with Gasteiger partial charge in [0.2, 0.25) is 0 Å². The third kappa shape index (κ3) is 3.56. The number of hydrogen-bond donors (Lipinski definition) is 0. The van der Waals surface area contributed by atoms with Gasteiger partial charge in [0.05, 0.1) is 11.4 Å². The summed E-state index contributed by atoms with van der Waals surface area (Å²) >= 11 is 0. The average Bonchev–Trinajstić information content (AvgIpc) is 3.17. The molecular formula is C25H25FN4. The average molecular weight is 401 g/mol. The van der Waals surface area contributed by atoms with Crippen LogP contribution in [-0.4, -0.2) is 27.7 Å². The maximum Gasteiger partial charge on any atom is 0.158 e. The first-order valence-corrected chi connectivity index (χ1v) is 10.5. The van der Waals surface area contributed by atoms with E-state index in [-0.39, 0.29) is 5.82 Å². The van der Waals surface area contributed by atoms with Gasteiger partial charge in [-0.1, -0.05) is 44.2 Å². The Balaban J connectivity index is 1.67. The Hall–Kier alpha value is -3.21. The largest absolute Gasteiger partial charge is 0.356 e. The summed E-state index contributed by atoms with van der Waals surface area (Å²) < 4.78 is 15.3. The summed E-state index contributed by atoms with van der Waals surface area (Å²) in [5.41, 5.74) is 4.51. The Morgan fingerprint density at radius 3 is 2.20 bits per heavy atom. The molecule has 152 valence electrons. The van der Waals surface area contributed by atoms with Crippen LogP contribution in [0, 0.1) is 17.7 Å². The standard InChI is InChI=1S/C25H25FN4/c1-17-12-18(2)16-29(15-17)25-14-22(19-6-4-3-5-7-19)27-24-13-23(28-30(24)25)20-8-10-21(26)11-9-20/h3-11,13-14,17-18H,12,15-16H2,1-2H3/t17-,18-/m1/s1. The molecule has 5 rings (SSSR count). The number of piperidine rings is 1. The van der Waals surface area contributed by atoms with Crippen LogP contribution in [0.15, 0.2) is 66.7 Å². The van der Waals surface area contributed by atoms with Crippen LogP contribution < -0.4 is 4.90 Å². The minimum atomic E-state index is -0.246. The summed E-state index contributed by atoms with van der Waals surface area (Å²) in [5.74, 6) is 2.07. The second-order valence-corrected chi connectivity index (χ2v) is 8.52. The normalized spacial score (nSPS) is 19.4. The van der Waals surface area contributed by atoms with E-state index < -0.39 is 0 Å². The summed E-state index contributed by atoms with van der Waals surface area (Å²) in [4.78, 5) is 7.33. The third-order valence-electron chi connectivity index (χ3n) is 5.81. The number of hydrogen-bond acceptors (Lipinski definition) is 3. The summed E-state index contributed by atoms with van der Waals surface area (Å²) in [6.07, 6.45) is 1.25. The first-order valence-electron chi connectivity index (χ1n) is 10.5. The summed E-state index contributed by atoms with van der Waals surface area (Å²) in [6, 6.07) is 20.9. The van der Waals surface area contributed by atoms with Gasteiger partial charge in [0.15, 0.2) is 5.65 Å². The number of aromatic nitrogens is 3. The van der Waals surface area contributed by atoms with Gasteiger partial charge in [0, 0.05) is 36.3 Å². The van der Waals surface area contributed by atoms with Crippen molar-refractivity contribution in [3.63, 3.8) is 0 Å². The summed E-state index contributed by atoms with van der Waals surface area (Å²) in [6.45, 7) is 6.63. The van der Waals surface area contributed by atoms with Crippen LogP contribution in [0.5, 0.6) is 0 Å². The van der Waals surface area contributed by atoms with Gasteiger partial charge in [-0.15, -0.1) is 0 Å². The lowest BCUT2D eigenvalue weighted by Gasteiger charge is -2.36. The molecule has 1 aliphatic heterocycles. The Morgan fingerprint density at radius 2 is 1.50 bits per heavy atom. The van der Waals surface area contributed by atoms with E-state index in [1.54, 1.807) is 12.1 Å². The van der Waals surface area contributed by atoms with Crippen molar-refractivity contribution in [3.05, 3.63) is 72.5 Å². The molecule has 4 aromatic rings. The van der Waals surface area contributed by atoms with Gasteiger partial charge < -0.3 is 4.90 Å². The topological polar surface area (TPSA) is 33.4 Å². The third-order valence-corrected chi connectivity index (χ3v) is 5.81. The van der Waals surface area contributed by atoms with Gasteiger partial charge in [-0.05, 0) is 42.5 Å². The molecule has 3 heterocycles. The highest BCUT2D eigenvalue weighted by Gasteiger charge is 2.25. The van der Waals surface area contributed by atoms with Gasteiger partial charge in [0.1, 0.15) is 11.6 Å². The van der Waals surface area contributed by atoms with Gasteiger partial charge >= 0.3 is 0 Å². The number of halogens is 1. The van der Waals surface area contributed by atoms with Gasteiger partial charge in [-0.3, -0.25) is 0 Å². The van der Waals surface area contributed by atoms with Crippen LogP contribution >= 0.6 is 0 Å². The van der Waals surface area contributed by atoms with Crippen molar-refractivity contribution in [1.29, 1.82) is 0 Å². The fourth-order valence-electron chi connectivity index (χ4n) is 4.55. The van der Waals surface area contributed by atoms with E-state index >= 15 is 0 Å². The number of fused-ring (bicyclic) bond motifs is 1. The van der Waals surface area contributed by atoms with Crippen molar-refractivity contribution >= 4 is 11.5 Å². The smallest absolute Gasteiger partial charge is 0.158 e. The summed E-state index contributed by atoms with van der Waals surface area (Å²) in [5, 5.41) is 4.86. The molecule has 2 atom stereocenters. The van der Waals surface area contributed by atoms with Gasteiger partial charge in [-0.25, -0.2) is 9.37 Å². The molecular weight excluding hydrogens is 375 g/mol.